The van der Waals surface area contributed by atoms with Crippen molar-refractivity contribution in [2.45, 2.75) is 26.3 Å². The lowest BCUT2D eigenvalue weighted by Crippen LogP contribution is -2.32. The van der Waals surface area contributed by atoms with Crippen LogP contribution in [-0.2, 0) is 0 Å². The molecule has 96 valence electrons. The number of rotatable bonds is 5. The lowest BCUT2D eigenvalue weighted by atomic mass is 10.2. The van der Waals surface area contributed by atoms with Crippen molar-refractivity contribution in [2.75, 3.05) is 11.4 Å². The van der Waals surface area contributed by atoms with Crippen LogP contribution in [-0.4, -0.2) is 28.6 Å². The molecule has 0 unspecified atom stereocenters. The molecule has 0 saturated carbocycles. The van der Waals surface area contributed by atoms with E-state index in [2.05, 4.69) is 11.1 Å². The van der Waals surface area contributed by atoms with E-state index in [0.717, 1.165) is 0 Å². The summed E-state index contributed by atoms with van der Waals surface area (Å²) in [5.41, 5.74) is -0.170. The highest BCUT2D eigenvalue weighted by molar-refractivity contribution is 6.33. The fourth-order valence-corrected chi connectivity index (χ4v) is 1.74. The van der Waals surface area contributed by atoms with Gasteiger partial charge in [-0.3, -0.25) is 0 Å². The molecule has 0 spiro atoms. The van der Waals surface area contributed by atoms with Crippen molar-refractivity contribution in [2.24, 2.45) is 0 Å². The quantitative estimate of drug-likeness (QED) is 0.887. The molecule has 0 bridgehead atoms. The number of carboxylic acid groups (broad SMARTS) is 1. The van der Waals surface area contributed by atoms with E-state index in [1.54, 1.807) is 6.07 Å². The van der Waals surface area contributed by atoms with Gasteiger partial charge < -0.3 is 10.0 Å². The van der Waals surface area contributed by atoms with Crippen molar-refractivity contribution >= 4 is 23.4 Å². The summed E-state index contributed by atoms with van der Waals surface area (Å²) in [5.74, 6) is -0.645. The number of anilines is 1. The zero-order chi connectivity index (χ0) is 13.7. The Kier molecular flexibility index (Phi) is 4.93. The third-order valence-electron chi connectivity index (χ3n) is 2.42. The number of aromatic nitrogens is 1. The Hall–Kier alpha value is -1.80. The van der Waals surface area contributed by atoms with E-state index in [1.807, 2.05) is 18.7 Å². The van der Waals surface area contributed by atoms with Crippen molar-refractivity contribution in [3.8, 4) is 6.07 Å². The van der Waals surface area contributed by atoms with Gasteiger partial charge in [-0.15, -0.1) is 0 Å². The monoisotopic (exact) mass is 267 g/mol. The fraction of sp³-hybridized carbons (Fsp3) is 0.417. The molecule has 0 aliphatic carbocycles. The molecule has 0 aromatic carbocycles. The number of hydrogen-bond donors (Lipinski definition) is 1. The average Bonchev–Trinajstić information content (AvgIpc) is 2.30. The first kappa shape index (κ1) is 14.3. The van der Waals surface area contributed by atoms with Crippen molar-refractivity contribution < 1.29 is 9.90 Å². The molecule has 18 heavy (non-hydrogen) atoms. The maximum absolute atomic E-state index is 11.0. The SMILES string of the molecule is CC(C)N(CCC#N)c1ccc(Cl)c(C(=O)O)n1. The van der Waals surface area contributed by atoms with Gasteiger partial charge in [-0.25, -0.2) is 9.78 Å². The number of nitriles is 1. The van der Waals surface area contributed by atoms with E-state index in [4.69, 9.17) is 22.0 Å². The molecule has 1 rings (SSSR count). The first-order valence-electron chi connectivity index (χ1n) is 5.50. The van der Waals surface area contributed by atoms with Gasteiger partial charge in [0.2, 0.25) is 0 Å². The number of aromatic carboxylic acids is 1. The van der Waals surface area contributed by atoms with Gasteiger partial charge >= 0.3 is 5.97 Å². The van der Waals surface area contributed by atoms with Gasteiger partial charge in [-0.05, 0) is 26.0 Å². The van der Waals surface area contributed by atoms with Gasteiger partial charge in [0.15, 0.2) is 5.69 Å². The molecular formula is C12H14ClN3O2. The number of carboxylic acids is 1. The molecule has 0 amide bonds. The van der Waals surface area contributed by atoms with Crippen molar-refractivity contribution in [3.05, 3.63) is 22.8 Å². The summed E-state index contributed by atoms with van der Waals surface area (Å²) < 4.78 is 0. The van der Waals surface area contributed by atoms with Gasteiger partial charge in [0.1, 0.15) is 5.82 Å². The summed E-state index contributed by atoms with van der Waals surface area (Å²) in [6, 6.07) is 5.35. The summed E-state index contributed by atoms with van der Waals surface area (Å²) in [6.45, 7) is 4.41. The number of hydrogen-bond acceptors (Lipinski definition) is 4. The lowest BCUT2D eigenvalue weighted by molar-refractivity contribution is 0.0691. The Morgan fingerprint density at radius 3 is 2.78 bits per heavy atom. The standard InChI is InChI=1S/C12H14ClN3O2/c1-8(2)16(7-3-6-14)10-5-4-9(13)11(15-10)12(17)18/h4-5,8H,3,7H2,1-2H3,(H,17,18). The highest BCUT2D eigenvalue weighted by Gasteiger charge is 2.16. The summed E-state index contributed by atoms with van der Waals surface area (Å²) in [7, 11) is 0. The Bertz CT molecular complexity index is 483. The predicted octanol–water partition coefficient (Wildman–Crippen LogP) is 2.56. The zero-order valence-corrected chi connectivity index (χ0v) is 11.0. The normalized spacial score (nSPS) is 10.2. The highest BCUT2D eigenvalue weighted by atomic mass is 35.5. The third kappa shape index (κ3) is 3.34. The van der Waals surface area contributed by atoms with Crippen LogP contribution in [0.3, 0.4) is 0 Å². The molecule has 0 aliphatic heterocycles. The Morgan fingerprint density at radius 2 is 2.28 bits per heavy atom. The van der Waals surface area contributed by atoms with Crippen LogP contribution in [0.4, 0.5) is 5.82 Å². The molecular weight excluding hydrogens is 254 g/mol. The van der Waals surface area contributed by atoms with Gasteiger partial charge in [0, 0.05) is 12.6 Å². The minimum atomic E-state index is -1.16. The van der Waals surface area contributed by atoms with Gasteiger partial charge in [-0.2, -0.15) is 5.26 Å². The number of pyridine rings is 1. The van der Waals surface area contributed by atoms with Crippen molar-refractivity contribution in [1.29, 1.82) is 5.26 Å². The minimum absolute atomic E-state index is 0.107. The van der Waals surface area contributed by atoms with E-state index < -0.39 is 5.97 Å². The Morgan fingerprint density at radius 1 is 1.61 bits per heavy atom. The second-order valence-electron chi connectivity index (χ2n) is 4.00. The Balaban J connectivity index is 3.09. The van der Waals surface area contributed by atoms with Crippen LogP contribution < -0.4 is 4.90 Å². The van der Waals surface area contributed by atoms with Crippen LogP contribution in [0.5, 0.6) is 0 Å². The third-order valence-corrected chi connectivity index (χ3v) is 2.72. The average molecular weight is 268 g/mol. The van der Waals surface area contributed by atoms with Crippen LogP contribution in [0.2, 0.25) is 5.02 Å². The van der Waals surface area contributed by atoms with Crippen LogP contribution in [0, 0.1) is 11.3 Å². The Labute approximate surface area is 111 Å². The molecule has 1 heterocycles. The van der Waals surface area contributed by atoms with Gasteiger partial charge in [0.05, 0.1) is 17.5 Å². The molecule has 1 aromatic rings. The largest absolute Gasteiger partial charge is 0.476 e. The molecule has 5 nitrogen and oxygen atoms in total. The smallest absolute Gasteiger partial charge is 0.356 e. The maximum Gasteiger partial charge on any atom is 0.356 e. The van der Waals surface area contributed by atoms with Crippen molar-refractivity contribution in [3.63, 3.8) is 0 Å². The van der Waals surface area contributed by atoms with Gasteiger partial charge in [0.25, 0.3) is 0 Å². The molecule has 0 aliphatic rings. The predicted molar refractivity (Wildman–Crippen MR) is 68.9 cm³/mol. The summed E-state index contributed by atoms with van der Waals surface area (Å²) in [6.07, 6.45) is 0.352. The first-order chi connectivity index (χ1) is 8.47. The topological polar surface area (TPSA) is 77.2 Å². The summed E-state index contributed by atoms with van der Waals surface area (Å²) in [5, 5.41) is 17.7. The number of halogens is 1. The first-order valence-corrected chi connectivity index (χ1v) is 5.88. The van der Waals surface area contributed by atoms with Crippen LogP contribution in [0.15, 0.2) is 12.1 Å². The number of nitrogens with zero attached hydrogens (tertiary/aromatic N) is 3. The molecule has 6 heteroatoms. The molecule has 0 saturated heterocycles. The molecule has 1 N–H and O–H groups in total. The molecule has 1 aromatic heterocycles. The molecule has 0 atom stereocenters. The van der Waals surface area contributed by atoms with E-state index in [-0.39, 0.29) is 16.8 Å². The molecule has 0 radical (unpaired) electrons. The van der Waals surface area contributed by atoms with Crippen molar-refractivity contribution in [1.82, 2.24) is 4.98 Å². The molecule has 0 fully saturated rings. The van der Waals surface area contributed by atoms with Crippen LogP contribution >= 0.6 is 11.6 Å². The minimum Gasteiger partial charge on any atom is -0.476 e. The van der Waals surface area contributed by atoms with Crippen LogP contribution in [0.25, 0.3) is 0 Å². The maximum atomic E-state index is 11.0. The van der Waals surface area contributed by atoms with E-state index in [1.165, 1.54) is 6.07 Å². The summed E-state index contributed by atoms with van der Waals surface area (Å²) >= 11 is 5.77. The highest BCUT2D eigenvalue weighted by Crippen LogP contribution is 2.21. The fourth-order valence-electron chi connectivity index (χ4n) is 1.55. The van der Waals surface area contributed by atoms with E-state index in [0.29, 0.717) is 18.8 Å². The lowest BCUT2D eigenvalue weighted by Gasteiger charge is -2.27. The van der Waals surface area contributed by atoms with E-state index >= 15 is 0 Å². The van der Waals surface area contributed by atoms with Crippen LogP contribution in [0.1, 0.15) is 30.8 Å². The summed E-state index contributed by atoms with van der Waals surface area (Å²) in [4.78, 5) is 16.9. The number of carbonyl (C=O) groups is 1. The second-order valence-corrected chi connectivity index (χ2v) is 4.41. The zero-order valence-electron chi connectivity index (χ0n) is 10.2. The van der Waals surface area contributed by atoms with Gasteiger partial charge in [-0.1, -0.05) is 11.6 Å². The second kappa shape index (κ2) is 6.22. The van der Waals surface area contributed by atoms with E-state index in [9.17, 15) is 4.79 Å².